The van der Waals surface area contributed by atoms with Gasteiger partial charge in [-0.3, -0.25) is 0 Å². The molecule has 0 bridgehead atoms. The number of nitrogens with zero attached hydrogens (tertiary/aromatic N) is 1. The van der Waals surface area contributed by atoms with Gasteiger partial charge in [0.2, 0.25) is 0 Å². The molecule has 1 heterocycles. The van der Waals surface area contributed by atoms with Crippen LogP contribution in [0.3, 0.4) is 0 Å². The number of hydrogen-bond acceptors (Lipinski definition) is 2. The van der Waals surface area contributed by atoms with Gasteiger partial charge in [-0.1, -0.05) is 11.6 Å². The average molecular weight is 431 g/mol. The summed E-state index contributed by atoms with van der Waals surface area (Å²) in [6.45, 7) is -0.728. The first-order valence-electron chi connectivity index (χ1n) is 6.28. The highest BCUT2D eigenvalue weighted by Gasteiger charge is 2.36. The van der Waals surface area contributed by atoms with Crippen LogP contribution < -0.4 is 4.74 Å². The lowest BCUT2D eigenvalue weighted by atomic mass is 10.1. The van der Waals surface area contributed by atoms with E-state index in [2.05, 4.69) is 15.9 Å². The average Bonchev–Trinajstić information content (AvgIpc) is 2.74. The van der Waals surface area contributed by atoms with Gasteiger partial charge in [-0.25, -0.2) is 9.18 Å². The Bertz CT molecular complexity index is 804. The maximum atomic E-state index is 14.2. The number of carboxylic acids is 1. The first-order chi connectivity index (χ1) is 11.0. The van der Waals surface area contributed by atoms with Crippen LogP contribution >= 0.6 is 27.5 Å². The predicted octanol–water partition coefficient (Wildman–Crippen LogP) is 4.73. The van der Waals surface area contributed by atoms with Crippen LogP contribution in [0.1, 0.15) is 5.69 Å². The van der Waals surface area contributed by atoms with Crippen molar-refractivity contribution in [2.24, 2.45) is 7.05 Å². The highest BCUT2D eigenvalue weighted by Crippen LogP contribution is 2.41. The Hall–Kier alpha value is -1.74. The third kappa shape index (κ3) is 3.67. The minimum atomic E-state index is -4.62. The van der Waals surface area contributed by atoms with Gasteiger partial charge in [-0.05, 0) is 34.1 Å². The van der Waals surface area contributed by atoms with Crippen LogP contribution in [0, 0.1) is 5.82 Å². The minimum absolute atomic E-state index is 0.000215. The van der Waals surface area contributed by atoms with E-state index in [9.17, 15) is 22.4 Å². The monoisotopic (exact) mass is 429 g/mol. The second-order valence-corrected chi connectivity index (χ2v) is 5.89. The summed E-state index contributed by atoms with van der Waals surface area (Å²) in [5.41, 5.74) is -1.26. The van der Waals surface area contributed by atoms with Gasteiger partial charge in [0, 0.05) is 18.2 Å². The fraction of sp³-hybridized carbons (Fsp3) is 0.214. The summed E-state index contributed by atoms with van der Waals surface area (Å²) in [6.07, 6.45) is -4.62. The third-order valence-electron chi connectivity index (χ3n) is 3.11. The topological polar surface area (TPSA) is 51.5 Å². The summed E-state index contributed by atoms with van der Waals surface area (Å²) in [7, 11) is 1.17. The van der Waals surface area contributed by atoms with E-state index in [1.54, 1.807) is 0 Å². The number of benzene rings is 1. The first-order valence-corrected chi connectivity index (χ1v) is 7.46. The van der Waals surface area contributed by atoms with E-state index in [0.29, 0.717) is 0 Å². The van der Waals surface area contributed by atoms with Crippen LogP contribution in [-0.2, 0) is 18.0 Å². The van der Waals surface area contributed by atoms with Crippen molar-refractivity contribution >= 4 is 33.5 Å². The van der Waals surface area contributed by atoms with Crippen LogP contribution in [0.25, 0.3) is 11.1 Å². The zero-order chi connectivity index (χ0) is 18.2. The molecule has 24 heavy (non-hydrogen) atoms. The number of ether oxygens (including phenoxy) is 1. The van der Waals surface area contributed by atoms with E-state index in [1.165, 1.54) is 7.05 Å². The molecule has 1 N–H and O–H groups in total. The number of aromatic nitrogens is 1. The second-order valence-electron chi connectivity index (χ2n) is 4.74. The molecule has 0 amide bonds. The number of rotatable bonds is 4. The molecule has 0 fully saturated rings. The zero-order valence-electron chi connectivity index (χ0n) is 11.9. The molecular formula is C14H9BrClF4NO3. The smallest absolute Gasteiger partial charge is 0.431 e. The molecule has 0 saturated carbocycles. The van der Waals surface area contributed by atoms with Crippen LogP contribution in [-0.4, -0.2) is 22.2 Å². The number of aliphatic carboxylic acids is 1. The van der Waals surface area contributed by atoms with Gasteiger partial charge in [-0.15, -0.1) is 0 Å². The number of halogens is 6. The summed E-state index contributed by atoms with van der Waals surface area (Å²) >= 11 is 8.76. The highest BCUT2D eigenvalue weighted by molar-refractivity contribution is 9.10. The Labute approximate surface area is 146 Å². The highest BCUT2D eigenvalue weighted by atomic mass is 79.9. The van der Waals surface area contributed by atoms with Crippen molar-refractivity contribution in [3.05, 3.63) is 39.3 Å². The fourth-order valence-corrected chi connectivity index (χ4v) is 2.75. The Kier molecular flexibility index (Phi) is 5.14. The molecule has 0 saturated heterocycles. The SMILES string of the molecule is Cn1c(C(F)(F)F)cc(-c2cc(OCC(=O)O)c(Cl)cc2F)c1Br. The maximum absolute atomic E-state index is 14.2. The number of hydrogen-bond donors (Lipinski definition) is 1. The van der Waals surface area contributed by atoms with Crippen LogP contribution in [0.2, 0.25) is 5.02 Å². The lowest BCUT2D eigenvalue weighted by molar-refractivity contribution is -0.143. The summed E-state index contributed by atoms with van der Waals surface area (Å²) in [5, 5.41) is 8.41. The van der Waals surface area contributed by atoms with Crippen molar-refractivity contribution in [2.75, 3.05) is 6.61 Å². The maximum Gasteiger partial charge on any atom is 0.431 e. The molecule has 0 spiro atoms. The van der Waals surface area contributed by atoms with Gasteiger partial charge in [0.1, 0.15) is 17.3 Å². The molecule has 0 unspecified atom stereocenters. The lowest BCUT2D eigenvalue weighted by Gasteiger charge is -2.09. The molecule has 1 aromatic heterocycles. The molecule has 130 valence electrons. The normalized spacial score (nSPS) is 11.6. The second kappa shape index (κ2) is 6.64. The van der Waals surface area contributed by atoms with Gasteiger partial charge < -0.3 is 14.4 Å². The molecule has 0 aliphatic heterocycles. The van der Waals surface area contributed by atoms with Crippen molar-refractivity contribution in [2.45, 2.75) is 6.18 Å². The molecule has 0 radical (unpaired) electrons. The summed E-state index contributed by atoms with van der Waals surface area (Å²) in [5.74, 6) is -2.31. The number of carboxylic acid groups (broad SMARTS) is 1. The van der Waals surface area contributed by atoms with Crippen molar-refractivity contribution in [3.8, 4) is 16.9 Å². The Morgan fingerprint density at radius 2 is 1.96 bits per heavy atom. The van der Waals surface area contributed by atoms with Crippen molar-refractivity contribution in [3.63, 3.8) is 0 Å². The largest absolute Gasteiger partial charge is 0.480 e. The summed E-state index contributed by atoms with van der Waals surface area (Å²) in [4.78, 5) is 10.5. The van der Waals surface area contributed by atoms with Crippen molar-refractivity contribution < 1.29 is 32.2 Å². The molecule has 2 rings (SSSR count). The lowest BCUT2D eigenvalue weighted by Crippen LogP contribution is -2.10. The number of carbonyl (C=O) groups is 1. The van der Waals surface area contributed by atoms with Crippen molar-refractivity contribution in [1.82, 2.24) is 4.57 Å². The Morgan fingerprint density at radius 3 is 2.46 bits per heavy atom. The van der Waals surface area contributed by atoms with E-state index in [0.717, 1.165) is 22.8 Å². The molecule has 0 aliphatic rings. The van der Waals surface area contributed by atoms with E-state index in [-0.39, 0.29) is 26.5 Å². The molecule has 1 aromatic carbocycles. The van der Waals surface area contributed by atoms with E-state index in [4.69, 9.17) is 21.4 Å². The van der Waals surface area contributed by atoms with E-state index < -0.39 is 30.3 Å². The van der Waals surface area contributed by atoms with Gasteiger partial charge in [0.15, 0.2) is 6.61 Å². The molecule has 0 atom stereocenters. The quantitative estimate of drug-likeness (QED) is 0.714. The molecule has 10 heteroatoms. The van der Waals surface area contributed by atoms with E-state index in [1.807, 2.05) is 0 Å². The molecule has 0 aliphatic carbocycles. The zero-order valence-corrected chi connectivity index (χ0v) is 14.3. The third-order valence-corrected chi connectivity index (χ3v) is 4.37. The molecule has 4 nitrogen and oxygen atoms in total. The van der Waals surface area contributed by atoms with Crippen LogP contribution in [0.4, 0.5) is 17.6 Å². The van der Waals surface area contributed by atoms with Crippen LogP contribution in [0.15, 0.2) is 22.8 Å². The van der Waals surface area contributed by atoms with Crippen LogP contribution in [0.5, 0.6) is 5.75 Å². The molecule has 2 aromatic rings. The first kappa shape index (κ1) is 18.6. The summed E-state index contributed by atoms with van der Waals surface area (Å²) in [6, 6.07) is 2.68. The van der Waals surface area contributed by atoms with Gasteiger partial charge in [-0.2, -0.15) is 13.2 Å². The van der Waals surface area contributed by atoms with Gasteiger partial charge >= 0.3 is 12.1 Å². The van der Waals surface area contributed by atoms with Crippen molar-refractivity contribution in [1.29, 1.82) is 0 Å². The van der Waals surface area contributed by atoms with Gasteiger partial charge in [0.25, 0.3) is 0 Å². The fourth-order valence-electron chi connectivity index (χ4n) is 2.03. The van der Waals surface area contributed by atoms with E-state index >= 15 is 0 Å². The Balaban J connectivity index is 2.56. The summed E-state index contributed by atoms with van der Waals surface area (Å²) < 4.78 is 58.8. The number of alkyl halides is 3. The Morgan fingerprint density at radius 1 is 1.33 bits per heavy atom. The predicted molar refractivity (Wildman–Crippen MR) is 81.6 cm³/mol. The standard InChI is InChI=1S/C14H9BrClF4NO3/c1-21-11(14(18,19)20)3-7(13(21)15)6-2-10(24-5-12(22)23)8(16)4-9(6)17/h2-4H,5H2,1H3,(H,22,23). The minimum Gasteiger partial charge on any atom is -0.480 e. The molecular weight excluding hydrogens is 422 g/mol. The van der Waals surface area contributed by atoms with Gasteiger partial charge in [0.05, 0.1) is 9.63 Å².